The van der Waals surface area contributed by atoms with Crippen LogP contribution in [0.1, 0.15) is 25.1 Å². The molecule has 0 spiro atoms. The Morgan fingerprint density at radius 3 is 2.88 bits per heavy atom. The summed E-state index contributed by atoms with van der Waals surface area (Å²) in [6.45, 7) is 3.84. The van der Waals surface area contributed by atoms with Crippen LogP contribution in [-0.2, 0) is 13.1 Å². The Morgan fingerprint density at radius 1 is 1.31 bits per heavy atom. The topological polar surface area (TPSA) is 61.7 Å². The number of hydrogen-bond donors (Lipinski definition) is 1. The maximum Gasteiger partial charge on any atom is 0.0949 e. The molecule has 2 N–H and O–H groups in total. The van der Waals surface area contributed by atoms with Gasteiger partial charge in [0.2, 0.25) is 0 Å². The number of rotatable bonds is 5. The zero-order valence-corrected chi connectivity index (χ0v) is 9.45. The highest BCUT2D eigenvalue weighted by Crippen LogP contribution is 2.12. The molecule has 2 rings (SSSR count). The highest BCUT2D eigenvalue weighted by atomic mass is 15.1. The summed E-state index contributed by atoms with van der Waals surface area (Å²) in [4.78, 5) is 8.16. The summed E-state index contributed by atoms with van der Waals surface area (Å²) < 4.78 is 4.15. The van der Waals surface area contributed by atoms with E-state index in [2.05, 4.69) is 21.5 Å². The van der Waals surface area contributed by atoms with Gasteiger partial charge in [-0.05, 0) is 6.42 Å². The van der Waals surface area contributed by atoms with Crippen LogP contribution in [0.25, 0.3) is 0 Å². The van der Waals surface area contributed by atoms with Gasteiger partial charge < -0.3 is 14.9 Å². The van der Waals surface area contributed by atoms with E-state index < -0.39 is 0 Å². The Hall–Kier alpha value is -1.62. The third kappa shape index (κ3) is 2.30. The van der Waals surface area contributed by atoms with Crippen LogP contribution in [0.2, 0.25) is 0 Å². The number of aromatic nitrogens is 4. The summed E-state index contributed by atoms with van der Waals surface area (Å²) in [5, 5.41) is 0. The standard InChI is InChI=1S/C11H17N5/c1-2-10(12)11-7-14-9-16(11)6-5-15-4-3-13-8-15/h3-4,7-10H,2,5-6,12H2,1H3/t10-/m1/s1. The molecule has 5 nitrogen and oxygen atoms in total. The van der Waals surface area contributed by atoms with E-state index in [0.717, 1.165) is 25.2 Å². The molecule has 5 heteroatoms. The first kappa shape index (κ1) is 10.9. The normalized spacial score (nSPS) is 12.9. The minimum atomic E-state index is 0.0743. The lowest BCUT2D eigenvalue weighted by Gasteiger charge is -2.12. The summed E-state index contributed by atoms with van der Waals surface area (Å²) in [5.41, 5.74) is 7.11. The van der Waals surface area contributed by atoms with Gasteiger partial charge in [0.1, 0.15) is 0 Å². The van der Waals surface area contributed by atoms with Crippen molar-refractivity contribution >= 4 is 0 Å². The molecular weight excluding hydrogens is 202 g/mol. The van der Waals surface area contributed by atoms with Crippen molar-refractivity contribution in [2.45, 2.75) is 32.5 Å². The fourth-order valence-corrected chi connectivity index (χ4v) is 1.68. The minimum absolute atomic E-state index is 0.0743. The van der Waals surface area contributed by atoms with Crippen LogP contribution < -0.4 is 5.73 Å². The van der Waals surface area contributed by atoms with Gasteiger partial charge >= 0.3 is 0 Å². The molecule has 0 fully saturated rings. The van der Waals surface area contributed by atoms with Crippen LogP contribution in [-0.4, -0.2) is 19.1 Å². The maximum atomic E-state index is 6.01. The second kappa shape index (κ2) is 4.94. The smallest absolute Gasteiger partial charge is 0.0949 e. The van der Waals surface area contributed by atoms with Crippen LogP contribution in [0.4, 0.5) is 0 Å². The number of aryl methyl sites for hydroxylation is 2. The van der Waals surface area contributed by atoms with Crippen molar-refractivity contribution in [3.8, 4) is 0 Å². The van der Waals surface area contributed by atoms with E-state index in [9.17, 15) is 0 Å². The average molecular weight is 219 g/mol. The second-order valence-electron chi connectivity index (χ2n) is 3.83. The van der Waals surface area contributed by atoms with Gasteiger partial charge in [-0.15, -0.1) is 0 Å². The average Bonchev–Trinajstić information content (AvgIpc) is 2.96. The quantitative estimate of drug-likeness (QED) is 0.821. The van der Waals surface area contributed by atoms with E-state index in [0.29, 0.717) is 0 Å². The molecule has 0 radical (unpaired) electrons. The highest BCUT2D eigenvalue weighted by molar-refractivity contribution is 5.04. The molecule has 2 aromatic heterocycles. The Morgan fingerprint density at radius 2 is 2.19 bits per heavy atom. The largest absolute Gasteiger partial charge is 0.336 e. The van der Waals surface area contributed by atoms with Crippen molar-refractivity contribution in [1.82, 2.24) is 19.1 Å². The van der Waals surface area contributed by atoms with Crippen LogP contribution in [0.3, 0.4) is 0 Å². The van der Waals surface area contributed by atoms with Crippen molar-refractivity contribution < 1.29 is 0 Å². The first-order valence-electron chi connectivity index (χ1n) is 5.52. The molecule has 0 amide bonds. The molecule has 1 atom stereocenters. The molecule has 0 aliphatic rings. The molecule has 0 aliphatic carbocycles. The van der Waals surface area contributed by atoms with Gasteiger partial charge in [0.15, 0.2) is 0 Å². The Balaban J connectivity index is 2.01. The summed E-state index contributed by atoms with van der Waals surface area (Å²) >= 11 is 0. The molecule has 0 bridgehead atoms. The van der Waals surface area contributed by atoms with Gasteiger partial charge in [-0.25, -0.2) is 9.97 Å². The maximum absolute atomic E-state index is 6.01. The van der Waals surface area contributed by atoms with Crippen LogP contribution in [0, 0.1) is 0 Å². The first-order chi connectivity index (χ1) is 7.81. The fraction of sp³-hybridized carbons (Fsp3) is 0.455. The molecule has 0 saturated heterocycles. The summed E-state index contributed by atoms with van der Waals surface area (Å²) in [6.07, 6.45) is 10.2. The number of nitrogens with zero attached hydrogens (tertiary/aromatic N) is 4. The Bertz CT molecular complexity index is 417. The van der Waals surface area contributed by atoms with E-state index in [1.54, 1.807) is 6.20 Å². The molecule has 0 unspecified atom stereocenters. The second-order valence-corrected chi connectivity index (χ2v) is 3.83. The number of nitrogens with two attached hydrogens (primary N) is 1. The lowest BCUT2D eigenvalue weighted by atomic mass is 10.2. The van der Waals surface area contributed by atoms with Crippen molar-refractivity contribution in [3.05, 3.63) is 36.9 Å². The predicted octanol–water partition coefficient (Wildman–Crippen LogP) is 1.19. The molecule has 0 aliphatic heterocycles. The molecule has 2 aromatic rings. The summed E-state index contributed by atoms with van der Waals surface area (Å²) in [7, 11) is 0. The lowest BCUT2D eigenvalue weighted by Crippen LogP contribution is -2.16. The van der Waals surface area contributed by atoms with Gasteiger partial charge in [-0.1, -0.05) is 6.92 Å². The molecule has 0 saturated carbocycles. The monoisotopic (exact) mass is 219 g/mol. The van der Waals surface area contributed by atoms with E-state index in [4.69, 9.17) is 5.73 Å². The van der Waals surface area contributed by atoms with Crippen molar-refractivity contribution in [2.75, 3.05) is 0 Å². The first-order valence-corrected chi connectivity index (χ1v) is 5.52. The third-order valence-electron chi connectivity index (χ3n) is 2.72. The van der Waals surface area contributed by atoms with Gasteiger partial charge in [0, 0.05) is 37.7 Å². The van der Waals surface area contributed by atoms with Crippen LogP contribution >= 0.6 is 0 Å². The Kier molecular flexibility index (Phi) is 3.36. The van der Waals surface area contributed by atoms with E-state index >= 15 is 0 Å². The van der Waals surface area contributed by atoms with Crippen molar-refractivity contribution in [1.29, 1.82) is 0 Å². The van der Waals surface area contributed by atoms with E-state index in [-0.39, 0.29) is 6.04 Å². The molecular formula is C11H17N5. The van der Waals surface area contributed by atoms with Gasteiger partial charge in [-0.3, -0.25) is 0 Å². The summed E-state index contributed by atoms with van der Waals surface area (Å²) in [6, 6.07) is 0.0743. The minimum Gasteiger partial charge on any atom is -0.336 e. The SMILES string of the molecule is CC[C@@H](N)c1cncn1CCn1ccnc1. The number of imidazole rings is 2. The zero-order chi connectivity index (χ0) is 11.4. The lowest BCUT2D eigenvalue weighted by molar-refractivity contribution is 0.535. The fourth-order valence-electron chi connectivity index (χ4n) is 1.68. The van der Waals surface area contributed by atoms with E-state index in [1.807, 2.05) is 29.6 Å². The zero-order valence-electron chi connectivity index (χ0n) is 9.45. The molecule has 2 heterocycles. The number of hydrogen-bond acceptors (Lipinski definition) is 3. The van der Waals surface area contributed by atoms with Crippen molar-refractivity contribution in [3.63, 3.8) is 0 Å². The van der Waals surface area contributed by atoms with Gasteiger partial charge in [0.05, 0.1) is 18.3 Å². The highest BCUT2D eigenvalue weighted by Gasteiger charge is 2.08. The third-order valence-corrected chi connectivity index (χ3v) is 2.72. The molecule has 16 heavy (non-hydrogen) atoms. The summed E-state index contributed by atoms with van der Waals surface area (Å²) in [5.74, 6) is 0. The van der Waals surface area contributed by atoms with Gasteiger partial charge in [-0.2, -0.15) is 0 Å². The van der Waals surface area contributed by atoms with Gasteiger partial charge in [0.25, 0.3) is 0 Å². The van der Waals surface area contributed by atoms with Crippen molar-refractivity contribution in [2.24, 2.45) is 5.73 Å². The molecule has 86 valence electrons. The Labute approximate surface area is 94.9 Å². The predicted molar refractivity (Wildman–Crippen MR) is 61.7 cm³/mol. The van der Waals surface area contributed by atoms with E-state index in [1.165, 1.54) is 0 Å². The van der Waals surface area contributed by atoms with Crippen LogP contribution in [0.15, 0.2) is 31.2 Å². The van der Waals surface area contributed by atoms with Crippen LogP contribution in [0.5, 0.6) is 0 Å². The molecule has 0 aromatic carbocycles.